The molecule has 0 saturated heterocycles. The number of hydrogen-bond donors (Lipinski definition) is 1. The lowest BCUT2D eigenvalue weighted by Crippen LogP contribution is -2.26. The molecule has 0 atom stereocenters. The van der Waals surface area contributed by atoms with Crippen molar-refractivity contribution in [2.45, 2.75) is 26.3 Å². The summed E-state index contributed by atoms with van der Waals surface area (Å²) in [7, 11) is 1.45. The lowest BCUT2D eigenvalue weighted by molar-refractivity contribution is -0.192. The van der Waals surface area contributed by atoms with Crippen molar-refractivity contribution in [1.29, 1.82) is 0 Å². The summed E-state index contributed by atoms with van der Waals surface area (Å²) in [6.07, 6.45) is -3.56. The maximum atomic E-state index is 13.7. The molecule has 2 aromatic heterocycles. The summed E-state index contributed by atoms with van der Waals surface area (Å²) in [4.78, 5) is 33.9. The van der Waals surface area contributed by atoms with Gasteiger partial charge in [-0.15, -0.1) is 0 Å². The first-order chi connectivity index (χ1) is 16.3. The van der Waals surface area contributed by atoms with E-state index >= 15 is 0 Å². The van der Waals surface area contributed by atoms with E-state index in [1.54, 1.807) is 13.0 Å². The van der Waals surface area contributed by atoms with E-state index in [0.29, 0.717) is 11.5 Å². The van der Waals surface area contributed by atoms with Crippen LogP contribution < -0.4 is 15.0 Å². The fourth-order valence-corrected chi connectivity index (χ4v) is 2.82. The molecule has 0 aliphatic carbocycles. The molecular weight excluding hydrogens is 551 g/mol. The Hall–Kier alpha value is -3.62. The molecule has 0 spiro atoms. The lowest BCUT2D eigenvalue weighted by atomic mass is 10.2. The van der Waals surface area contributed by atoms with Crippen molar-refractivity contribution in [3.63, 3.8) is 0 Å². The van der Waals surface area contributed by atoms with E-state index in [4.69, 9.17) is 19.4 Å². The molecule has 3 rings (SSSR count). The average Bonchev–Trinajstić information content (AvgIpc) is 2.79. The van der Waals surface area contributed by atoms with Crippen LogP contribution in [0.2, 0.25) is 0 Å². The maximum Gasteiger partial charge on any atom is 0.490 e. The largest absolute Gasteiger partial charge is 0.490 e. The van der Waals surface area contributed by atoms with E-state index in [1.807, 2.05) is 0 Å². The van der Waals surface area contributed by atoms with Gasteiger partial charge in [-0.25, -0.2) is 18.6 Å². The van der Waals surface area contributed by atoms with Crippen LogP contribution in [0.4, 0.5) is 22.0 Å². The van der Waals surface area contributed by atoms with Gasteiger partial charge < -0.3 is 14.6 Å². The highest BCUT2D eigenvalue weighted by Crippen LogP contribution is 2.21. The fraction of sp³-hybridized carbons (Fsp3) is 0.250. The molecule has 0 aliphatic rings. The molecule has 1 N–H and O–H groups in total. The minimum Gasteiger partial charge on any atom is -0.475 e. The van der Waals surface area contributed by atoms with Crippen molar-refractivity contribution in [2.24, 2.45) is 0 Å². The van der Waals surface area contributed by atoms with Gasteiger partial charge in [0.05, 0.1) is 19.3 Å². The number of alkyl halides is 3. The van der Waals surface area contributed by atoms with Crippen LogP contribution in [0.25, 0.3) is 0 Å². The number of nitrogens with zero attached hydrogens (tertiary/aromatic N) is 4. The van der Waals surface area contributed by atoms with Gasteiger partial charge in [0.2, 0.25) is 5.88 Å². The van der Waals surface area contributed by atoms with Gasteiger partial charge in [0.1, 0.15) is 28.5 Å². The van der Waals surface area contributed by atoms with Crippen LogP contribution in [-0.2, 0) is 17.9 Å². The van der Waals surface area contributed by atoms with Gasteiger partial charge in [0, 0.05) is 17.8 Å². The molecule has 0 unspecified atom stereocenters. The number of carbonyl (C=O) groups is 1. The second-order valence-corrected chi connectivity index (χ2v) is 7.32. The molecule has 0 radical (unpaired) electrons. The van der Waals surface area contributed by atoms with E-state index in [-0.39, 0.29) is 40.6 Å². The number of aryl methyl sites for hydroxylation is 1. The highest BCUT2D eigenvalue weighted by atomic mass is 79.9. The molecule has 2 heterocycles. The summed E-state index contributed by atoms with van der Waals surface area (Å²) in [5.41, 5.74) is 0.317. The van der Waals surface area contributed by atoms with Crippen LogP contribution in [0.3, 0.4) is 0 Å². The highest BCUT2D eigenvalue weighted by Gasteiger charge is 2.38. The second kappa shape index (κ2) is 11.7. The van der Waals surface area contributed by atoms with E-state index in [1.165, 1.54) is 23.9 Å². The molecular formula is C20H16BrF5N4O5. The second-order valence-electron chi connectivity index (χ2n) is 6.53. The predicted molar refractivity (Wildman–Crippen MR) is 113 cm³/mol. The molecule has 1 aromatic carbocycles. The number of carboxylic acids is 1. The smallest absolute Gasteiger partial charge is 0.475 e. The number of aliphatic carboxylic acids is 1. The number of ether oxygens (including phenoxy) is 2. The number of carboxylic acid groups (broad SMARTS) is 1. The third-order valence-corrected chi connectivity index (χ3v) is 4.77. The van der Waals surface area contributed by atoms with Crippen LogP contribution in [0.5, 0.6) is 11.9 Å². The Bertz CT molecular complexity index is 1270. The number of halogens is 6. The lowest BCUT2D eigenvalue weighted by Gasteiger charge is -2.13. The molecule has 9 nitrogen and oxygen atoms in total. The quantitative estimate of drug-likeness (QED) is 0.449. The van der Waals surface area contributed by atoms with Gasteiger partial charge in [0.25, 0.3) is 5.56 Å². The Kier molecular flexibility index (Phi) is 9.22. The minimum atomic E-state index is -5.08. The zero-order valence-corrected chi connectivity index (χ0v) is 19.5. The first kappa shape index (κ1) is 27.6. The summed E-state index contributed by atoms with van der Waals surface area (Å²) in [5.74, 6) is -3.78. The summed E-state index contributed by atoms with van der Waals surface area (Å²) < 4.78 is 70.4. The number of methoxy groups -OCH3 is 1. The molecule has 3 aromatic rings. The number of hydrogen-bond acceptors (Lipinski definition) is 7. The van der Waals surface area contributed by atoms with Crippen LogP contribution in [0.15, 0.2) is 39.7 Å². The normalized spacial score (nSPS) is 10.9. The average molecular weight is 567 g/mol. The third-order valence-electron chi connectivity index (χ3n) is 4.09. The van der Waals surface area contributed by atoms with Crippen molar-refractivity contribution in [3.05, 3.63) is 74.0 Å². The van der Waals surface area contributed by atoms with Crippen molar-refractivity contribution < 1.29 is 41.3 Å². The number of benzene rings is 1. The van der Waals surface area contributed by atoms with E-state index in [2.05, 4.69) is 30.9 Å². The van der Waals surface area contributed by atoms with Crippen LogP contribution in [-0.4, -0.2) is 43.9 Å². The third kappa shape index (κ3) is 7.70. The van der Waals surface area contributed by atoms with E-state index < -0.39 is 23.8 Å². The summed E-state index contributed by atoms with van der Waals surface area (Å²) in [6.45, 7) is 1.59. The summed E-state index contributed by atoms with van der Waals surface area (Å²) in [5, 5.41) is 7.12. The monoisotopic (exact) mass is 566 g/mol. The number of aromatic nitrogens is 4. The molecule has 35 heavy (non-hydrogen) atoms. The Morgan fingerprint density at radius 3 is 2.43 bits per heavy atom. The van der Waals surface area contributed by atoms with E-state index in [9.17, 15) is 26.7 Å². The van der Waals surface area contributed by atoms with Gasteiger partial charge in [-0.3, -0.25) is 9.36 Å². The minimum absolute atomic E-state index is 0.0164. The van der Waals surface area contributed by atoms with Gasteiger partial charge in [-0.1, -0.05) is 0 Å². The topological polar surface area (TPSA) is 116 Å². The van der Waals surface area contributed by atoms with Gasteiger partial charge >= 0.3 is 18.2 Å². The molecule has 0 saturated carbocycles. The first-order valence-electron chi connectivity index (χ1n) is 9.33. The molecule has 0 amide bonds. The van der Waals surface area contributed by atoms with Crippen molar-refractivity contribution in [1.82, 2.24) is 19.5 Å². The Morgan fingerprint density at radius 1 is 1.20 bits per heavy atom. The number of rotatable bonds is 6. The summed E-state index contributed by atoms with van der Waals surface area (Å²) in [6, 6.07) is 5.01. The zero-order chi connectivity index (χ0) is 26.3. The Morgan fingerprint density at radius 2 is 1.86 bits per heavy atom. The van der Waals surface area contributed by atoms with Crippen LogP contribution >= 0.6 is 15.9 Å². The zero-order valence-electron chi connectivity index (χ0n) is 17.9. The van der Waals surface area contributed by atoms with Gasteiger partial charge in [-0.05, 0) is 41.1 Å². The SMILES string of the molecule is COc1nccc(Cn2c(C)nc(OCc3ccc(F)cc3F)c(Br)c2=O)n1.O=C(O)C(F)(F)F. The van der Waals surface area contributed by atoms with Crippen molar-refractivity contribution >= 4 is 21.9 Å². The Labute approximate surface area is 202 Å². The molecule has 188 valence electrons. The maximum absolute atomic E-state index is 13.7. The van der Waals surface area contributed by atoms with Crippen LogP contribution in [0, 0.1) is 18.6 Å². The summed E-state index contributed by atoms with van der Waals surface area (Å²) >= 11 is 3.18. The highest BCUT2D eigenvalue weighted by molar-refractivity contribution is 9.10. The fourth-order valence-electron chi connectivity index (χ4n) is 2.40. The molecule has 0 aliphatic heterocycles. The standard InChI is InChI=1S/C18H15BrF2N4O3.C2HF3O2/c1-10-23-16(28-9-11-3-4-12(20)7-14(11)21)15(19)17(26)25(10)8-13-5-6-22-18(24-13)27-2;3-2(4,5)1(6)7/h3-7H,8-9H2,1-2H3;(H,6,7). The van der Waals surface area contributed by atoms with Crippen molar-refractivity contribution in [2.75, 3.05) is 7.11 Å². The molecule has 15 heteroatoms. The Balaban J connectivity index is 0.000000540. The first-order valence-corrected chi connectivity index (χ1v) is 10.1. The predicted octanol–water partition coefficient (Wildman–Crippen LogP) is 3.65. The van der Waals surface area contributed by atoms with Crippen molar-refractivity contribution in [3.8, 4) is 11.9 Å². The van der Waals surface area contributed by atoms with Gasteiger partial charge in [0.15, 0.2) is 0 Å². The molecule has 0 bridgehead atoms. The van der Waals surface area contributed by atoms with Gasteiger partial charge in [-0.2, -0.15) is 23.1 Å². The van der Waals surface area contributed by atoms with Crippen LogP contribution in [0.1, 0.15) is 17.1 Å². The molecule has 0 fully saturated rings. The van der Waals surface area contributed by atoms with E-state index in [0.717, 1.165) is 12.1 Å².